The Labute approximate surface area is 128 Å². The molecule has 0 aromatic carbocycles. The van der Waals surface area contributed by atoms with Crippen molar-refractivity contribution in [3.8, 4) is 0 Å². The minimum Gasteiger partial charge on any atom is -0.396 e. The standard InChI is InChI=1S/C16H30N4O/c1-6-9-17-13-12-14(20(7-2)10-8-11-21)19-15(18-13)16(3,4)5/h12,21H,6-11H2,1-5H3,(H,17,18,19). The molecule has 0 bridgehead atoms. The van der Waals surface area contributed by atoms with Gasteiger partial charge in [-0.3, -0.25) is 0 Å². The SMILES string of the molecule is CCCNc1cc(N(CC)CCCO)nc(C(C)(C)C)n1. The molecule has 0 radical (unpaired) electrons. The van der Waals surface area contributed by atoms with Gasteiger partial charge in [-0.1, -0.05) is 27.7 Å². The summed E-state index contributed by atoms with van der Waals surface area (Å²) >= 11 is 0. The third kappa shape index (κ3) is 5.50. The molecule has 0 amide bonds. The van der Waals surface area contributed by atoms with E-state index in [1.54, 1.807) is 0 Å². The average Bonchev–Trinajstić information content (AvgIpc) is 2.45. The van der Waals surface area contributed by atoms with E-state index in [0.29, 0.717) is 0 Å². The van der Waals surface area contributed by atoms with Gasteiger partial charge in [0, 0.05) is 37.7 Å². The first-order chi connectivity index (χ1) is 9.92. The second-order valence-electron chi connectivity index (χ2n) is 6.27. The molecular formula is C16H30N4O. The number of rotatable bonds is 8. The highest BCUT2D eigenvalue weighted by molar-refractivity contribution is 5.50. The zero-order chi connectivity index (χ0) is 15.9. The van der Waals surface area contributed by atoms with Crippen molar-refractivity contribution in [2.24, 2.45) is 0 Å². The summed E-state index contributed by atoms with van der Waals surface area (Å²) in [6, 6.07) is 2.01. The number of hydrogen-bond donors (Lipinski definition) is 2. The van der Waals surface area contributed by atoms with E-state index in [0.717, 1.165) is 49.9 Å². The van der Waals surface area contributed by atoms with Crippen LogP contribution in [0.15, 0.2) is 6.07 Å². The molecule has 0 saturated heterocycles. The number of nitrogens with zero attached hydrogens (tertiary/aromatic N) is 3. The number of nitrogens with one attached hydrogen (secondary N) is 1. The fourth-order valence-corrected chi connectivity index (χ4v) is 1.97. The van der Waals surface area contributed by atoms with Crippen molar-refractivity contribution in [2.75, 3.05) is 36.5 Å². The van der Waals surface area contributed by atoms with Gasteiger partial charge >= 0.3 is 0 Å². The topological polar surface area (TPSA) is 61.3 Å². The van der Waals surface area contributed by atoms with E-state index in [1.165, 1.54) is 0 Å². The second kappa shape index (κ2) is 8.17. The summed E-state index contributed by atoms with van der Waals surface area (Å²) in [6.07, 6.45) is 1.81. The van der Waals surface area contributed by atoms with Crippen molar-refractivity contribution in [2.45, 2.75) is 52.9 Å². The second-order valence-corrected chi connectivity index (χ2v) is 6.27. The number of aliphatic hydroxyl groups is 1. The molecule has 1 rings (SSSR count). The summed E-state index contributed by atoms with van der Waals surface area (Å²) in [5.41, 5.74) is -0.0882. The Hall–Kier alpha value is -1.36. The molecule has 1 heterocycles. The first kappa shape index (κ1) is 17.7. The third-order valence-electron chi connectivity index (χ3n) is 3.23. The van der Waals surface area contributed by atoms with Gasteiger partial charge in [0.1, 0.15) is 17.5 Å². The molecule has 1 aromatic rings. The van der Waals surface area contributed by atoms with Crippen LogP contribution in [-0.2, 0) is 5.41 Å². The van der Waals surface area contributed by atoms with Crippen LogP contribution in [0.2, 0.25) is 0 Å². The molecule has 0 aliphatic rings. The first-order valence-corrected chi connectivity index (χ1v) is 7.91. The van der Waals surface area contributed by atoms with E-state index in [1.807, 2.05) is 6.07 Å². The van der Waals surface area contributed by atoms with Gasteiger partial charge in [0.15, 0.2) is 0 Å². The number of aromatic nitrogens is 2. The molecule has 0 spiro atoms. The predicted octanol–water partition coefficient (Wildman–Crippen LogP) is 2.80. The highest BCUT2D eigenvalue weighted by atomic mass is 16.3. The van der Waals surface area contributed by atoms with Crippen molar-refractivity contribution >= 4 is 11.6 Å². The summed E-state index contributed by atoms with van der Waals surface area (Å²) in [5, 5.41) is 12.4. The molecule has 0 unspecified atom stereocenters. The molecule has 0 atom stereocenters. The maximum absolute atomic E-state index is 9.04. The summed E-state index contributed by atoms with van der Waals surface area (Å²) in [5.74, 6) is 2.67. The summed E-state index contributed by atoms with van der Waals surface area (Å²) in [4.78, 5) is 11.6. The molecule has 1 aromatic heterocycles. The lowest BCUT2D eigenvalue weighted by atomic mass is 9.96. The smallest absolute Gasteiger partial charge is 0.138 e. The first-order valence-electron chi connectivity index (χ1n) is 7.91. The van der Waals surface area contributed by atoms with Gasteiger partial charge in [-0.25, -0.2) is 9.97 Å². The van der Waals surface area contributed by atoms with E-state index in [4.69, 9.17) is 10.1 Å². The minimum atomic E-state index is -0.0882. The molecule has 0 fully saturated rings. The van der Waals surface area contributed by atoms with Gasteiger partial charge in [0.05, 0.1) is 0 Å². The van der Waals surface area contributed by atoms with Crippen molar-refractivity contribution in [1.82, 2.24) is 9.97 Å². The predicted molar refractivity (Wildman–Crippen MR) is 89.1 cm³/mol. The van der Waals surface area contributed by atoms with E-state index in [-0.39, 0.29) is 12.0 Å². The van der Waals surface area contributed by atoms with Gasteiger partial charge in [-0.15, -0.1) is 0 Å². The maximum atomic E-state index is 9.04. The number of hydrogen-bond acceptors (Lipinski definition) is 5. The van der Waals surface area contributed by atoms with Crippen LogP contribution in [0.1, 0.15) is 53.3 Å². The Balaban J connectivity index is 3.10. The molecule has 5 heteroatoms. The Morgan fingerprint density at radius 1 is 1.24 bits per heavy atom. The zero-order valence-electron chi connectivity index (χ0n) is 14.1. The number of aliphatic hydroxyl groups excluding tert-OH is 1. The molecule has 0 aliphatic heterocycles. The lowest BCUT2D eigenvalue weighted by molar-refractivity contribution is 0.289. The van der Waals surface area contributed by atoms with Crippen LogP contribution in [0.3, 0.4) is 0 Å². The maximum Gasteiger partial charge on any atom is 0.138 e. The van der Waals surface area contributed by atoms with Crippen molar-refractivity contribution in [1.29, 1.82) is 0 Å². The summed E-state index contributed by atoms with van der Waals surface area (Å²) in [7, 11) is 0. The van der Waals surface area contributed by atoms with Gasteiger partial charge in [-0.05, 0) is 19.8 Å². The van der Waals surface area contributed by atoms with Crippen LogP contribution >= 0.6 is 0 Å². The van der Waals surface area contributed by atoms with Gasteiger partial charge in [-0.2, -0.15) is 0 Å². The zero-order valence-corrected chi connectivity index (χ0v) is 14.1. The van der Waals surface area contributed by atoms with Crippen LogP contribution < -0.4 is 10.2 Å². The van der Waals surface area contributed by atoms with Crippen LogP contribution in [0.4, 0.5) is 11.6 Å². The highest BCUT2D eigenvalue weighted by Gasteiger charge is 2.20. The molecule has 0 saturated carbocycles. The lowest BCUT2D eigenvalue weighted by Crippen LogP contribution is -2.28. The average molecular weight is 294 g/mol. The van der Waals surface area contributed by atoms with Crippen LogP contribution in [0, 0.1) is 0 Å². The molecule has 2 N–H and O–H groups in total. The van der Waals surface area contributed by atoms with Crippen molar-refractivity contribution in [3.63, 3.8) is 0 Å². The van der Waals surface area contributed by atoms with Crippen LogP contribution in [0.5, 0.6) is 0 Å². The Bertz CT molecular complexity index is 429. The van der Waals surface area contributed by atoms with Crippen molar-refractivity contribution in [3.05, 3.63) is 11.9 Å². The third-order valence-corrected chi connectivity index (χ3v) is 3.23. The van der Waals surface area contributed by atoms with Gasteiger partial charge in [0.2, 0.25) is 0 Å². The monoisotopic (exact) mass is 294 g/mol. The Morgan fingerprint density at radius 3 is 2.48 bits per heavy atom. The quantitative estimate of drug-likeness (QED) is 0.772. The fourth-order valence-electron chi connectivity index (χ4n) is 1.97. The fraction of sp³-hybridized carbons (Fsp3) is 0.750. The van der Waals surface area contributed by atoms with Gasteiger partial charge < -0.3 is 15.3 Å². The largest absolute Gasteiger partial charge is 0.396 e. The normalized spacial score (nSPS) is 11.5. The molecule has 120 valence electrons. The highest BCUT2D eigenvalue weighted by Crippen LogP contribution is 2.24. The van der Waals surface area contributed by atoms with Crippen LogP contribution in [0.25, 0.3) is 0 Å². The molecule has 0 aliphatic carbocycles. The minimum absolute atomic E-state index is 0.0882. The molecule has 21 heavy (non-hydrogen) atoms. The molecular weight excluding hydrogens is 264 g/mol. The number of anilines is 2. The van der Waals surface area contributed by atoms with E-state index in [2.05, 4.69) is 49.8 Å². The molecule has 5 nitrogen and oxygen atoms in total. The lowest BCUT2D eigenvalue weighted by Gasteiger charge is -2.25. The summed E-state index contributed by atoms with van der Waals surface area (Å²) < 4.78 is 0. The van der Waals surface area contributed by atoms with Crippen LogP contribution in [-0.4, -0.2) is 41.3 Å². The van der Waals surface area contributed by atoms with Gasteiger partial charge in [0.25, 0.3) is 0 Å². The van der Waals surface area contributed by atoms with E-state index in [9.17, 15) is 0 Å². The van der Waals surface area contributed by atoms with E-state index >= 15 is 0 Å². The Morgan fingerprint density at radius 2 is 1.95 bits per heavy atom. The summed E-state index contributed by atoms with van der Waals surface area (Å²) in [6.45, 7) is 13.4. The van der Waals surface area contributed by atoms with Crippen molar-refractivity contribution < 1.29 is 5.11 Å². The Kier molecular flexibility index (Phi) is 6.89. The van der Waals surface area contributed by atoms with E-state index < -0.39 is 0 Å².